The number of aromatic nitrogens is 2. The van der Waals surface area contributed by atoms with Crippen LogP contribution in [0.15, 0.2) is 4.47 Å². The molecule has 4 heteroatoms. The van der Waals surface area contributed by atoms with E-state index in [1.165, 1.54) is 0 Å². The molecule has 0 amide bonds. The summed E-state index contributed by atoms with van der Waals surface area (Å²) in [5, 5.41) is 4.52. The highest BCUT2D eigenvalue weighted by atomic mass is 79.9. The zero-order valence-corrected chi connectivity index (χ0v) is 11.0. The summed E-state index contributed by atoms with van der Waals surface area (Å²) < 4.78 is 2.80. The molecule has 0 atom stereocenters. The summed E-state index contributed by atoms with van der Waals surface area (Å²) in [6.07, 6.45) is 0. The third-order valence-corrected chi connectivity index (χ3v) is 2.88. The summed E-state index contributed by atoms with van der Waals surface area (Å²) in [5.41, 5.74) is 6.94. The van der Waals surface area contributed by atoms with Crippen molar-refractivity contribution in [3.8, 4) is 0 Å². The van der Waals surface area contributed by atoms with E-state index in [1.54, 1.807) is 0 Å². The molecule has 0 fully saturated rings. The van der Waals surface area contributed by atoms with Crippen LogP contribution in [-0.4, -0.2) is 9.78 Å². The van der Waals surface area contributed by atoms with Crippen molar-refractivity contribution in [1.82, 2.24) is 9.78 Å². The average molecular weight is 260 g/mol. The van der Waals surface area contributed by atoms with Crippen molar-refractivity contribution in [3.05, 3.63) is 10.2 Å². The van der Waals surface area contributed by atoms with Crippen LogP contribution in [0.3, 0.4) is 0 Å². The van der Waals surface area contributed by atoms with Crippen LogP contribution in [0.4, 0.5) is 5.82 Å². The Hall–Kier alpha value is -0.510. The SMILES string of the molecule is CC(C)c1nn(C(C)(C)C)c(N)c1Br. The molecule has 0 unspecified atom stereocenters. The quantitative estimate of drug-likeness (QED) is 0.843. The second kappa shape index (κ2) is 3.57. The number of hydrogen-bond acceptors (Lipinski definition) is 2. The van der Waals surface area contributed by atoms with Gasteiger partial charge in [-0.2, -0.15) is 5.10 Å². The summed E-state index contributed by atoms with van der Waals surface area (Å²) >= 11 is 3.49. The van der Waals surface area contributed by atoms with Crippen molar-refractivity contribution >= 4 is 21.7 Å². The molecule has 2 N–H and O–H groups in total. The summed E-state index contributed by atoms with van der Waals surface area (Å²) in [6, 6.07) is 0. The van der Waals surface area contributed by atoms with E-state index in [1.807, 2.05) is 4.68 Å². The summed E-state index contributed by atoms with van der Waals surface area (Å²) in [7, 11) is 0. The van der Waals surface area contributed by atoms with Gasteiger partial charge in [0.25, 0.3) is 0 Å². The third-order valence-electron chi connectivity index (χ3n) is 2.07. The Balaban J connectivity index is 3.29. The number of nitrogens with zero attached hydrogens (tertiary/aromatic N) is 2. The molecule has 0 radical (unpaired) electrons. The van der Waals surface area contributed by atoms with Crippen LogP contribution in [0.1, 0.15) is 46.2 Å². The summed E-state index contributed by atoms with van der Waals surface area (Å²) in [5.74, 6) is 1.09. The minimum atomic E-state index is -0.0697. The van der Waals surface area contributed by atoms with Crippen LogP contribution in [0.25, 0.3) is 0 Å². The van der Waals surface area contributed by atoms with Crippen molar-refractivity contribution in [1.29, 1.82) is 0 Å². The molecule has 1 rings (SSSR count). The standard InChI is InChI=1S/C10H18BrN3/c1-6(2)8-7(11)9(12)14(13-8)10(3,4)5/h6H,12H2,1-5H3. The zero-order valence-electron chi connectivity index (χ0n) is 9.43. The lowest BCUT2D eigenvalue weighted by Gasteiger charge is -2.20. The first kappa shape index (κ1) is 11.6. The Kier molecular flexibility index (Phi) is 2.95. The average Bonchev–Trinajstić information content (AvgIpc) is 2.28. The normalized spacial score (nSPS) is 12.5. The van der Waals surface area contributed by atoms with Crippen molar-refractivity contribution in [2.75, 3.05) is 5.73 Å². The topological polar surface area (TPSA) is 43.8 Å². The van der Waals surface area contributed by atoms with Crippen molar-refractivity contribution in [3.63, 3.8) is 0 Å². The van der Waals surface area contributed by atoms with Crippen LogP contribution >= 0.6 is 15.9 Å². The van der Waals surface area contributed by atoms with Crippen molar-refractivity contribution < 1.29 is 0 Å². The predicted molar refractivity (Wildman–Crippen MR) is 63.4 cm³/mol. The van der Waals surface area contributed by atoms with Gasteiger partial charge in [-0.15, -0.1) is 0 Å². The predicted octanol–water partition coefficient (Wildman–Crippen LogP) is 3.11. The molecular formula is C10H18BrN3. The van der Waals surface area contributed by atoms with Gasteiger partial charge in [0.2, 0.25) is 0 Å². The number of rotatable bonds is 1. The van der Waals surface area contributed by atoms with E-state index < -0.39 is 0 Å². The Morgan fingerprint density at radius 3 is 2.07 bits per heavy atom. The fourth-order valence-corrected chi connectivity index (χ4v) is 2.02. The minimum absolute atomic E-state index is 0.0697. The molecule has 0 aliphatic carbocycles. The molecular weight excluding hydrogens is 242 g/mol. The van der Waals surface area contributed by atoms with Crippen LogP contribution in [-0.2, 0) is 5.54 Å². The lowest BCUT2D eigenvalue weighted by Crippen LogP contribution is -2.24. The van der Waals surface area contributed by atoms with Crippen molar-refractivity contribution in [2.24, 2.45) is 0 Å². The molecule has 1 heterocycles. The van der Waals surface area contributed by atoms with Gasteiger partial charge >= 0.3 is 0 Å². The van der Waals surface area contributed by atoms with Gasteiger partial charge in [0.1, 0.15) is 5.82 Å². The first-order chi connectivity index (χ1) is 6.25. The van der Waals surface area contributed by atoms with Crippen molar-refractivity contribution in [2.45, 2.75) is 46.1 Å². The summed E-state index contributed by atoms with van der Waals surface area (Å²) in [4.78, 5) is 0. The number of halogens is 1. The number of nitrogen functional groups attached to an aromatic ring is 1. The Bertz CT molecular complexity index is 334. The zero-order chi connectivity index (χ0) is 11.1. The van der Waals surface area contributed by atoms with Crippen LogP contribution in [0.2, 0.25) is 0 Å². The van der Waals surface area contributed by atoms with E-state index in [4.69, 9.17) is 5.73 Å². The van der Waals surface area contributed by atoms with E-state index in [0.717, 1.165) is 10.2 Å². The maximum Gasteiger partial charge on any atom is 0.136 e. The van der Waals surface area contributed by atoms with Gasteiger partial charge in [-0.1, -0.05) is 13.8 Å². The molecule has 0 saturated heterocycles. The van der Waals surface area contributed by atoms with Gasteiger partial charge in [-0.3, -0.25) is 0 Å². The fourth-order valence-electron chi connectivity index (χ4n) is 1.31. The van der Waals surface area contributed by atoms with Gasteiger partial charge in [0, 0.05) is 0 Å². The van der Waals surface area contributed by atoms with Gasteiger partial charge in [0.15, 0.2) is 0 Å². The van der Waals surface area contributed by atoms with E-state index >= 15 is 0 Å². The Morgan fingerprint density at radius 2 is 1.86 bits per heavy atom. The molecule has 14 heavy (non-hydrogen) atoms. The van der Waals surface area contributed by atoms with Crippen LogP contribution in [0, 0.1) is 0 Å². The Labute approximate surface area is 93.8 Å². The molecule has 3 nitrogen and oxygen atoms in total. The lowest BCUT2D eigenvalue weighted by molar-refractivity contribution is 0.358. The lowest BCUT2D eigenvalue weighted by atomic mass is 10.1. The largest absolute Gasteiger partial charge is 0.383 e. The Morgan fingerprint density at radius 1 is 1.36 bits per heavy atom. The maximum absolute atomic E-state index is 5.98. The molecule has 0 spiro atoms. The highest BCUT2D eigenvalue weighted by Crippen LogP contribution is 2.32. The molecule has 0 aromatic carbocycles. The minimum Gasteiger partial charge on any atom is -0.383 e. The first-order valence-corrected chi connectivity index (χ1v) is 5.58. The van der Waals surface area contributed by atoms with E-state index in [2.05, 4.69) is 55.6 Å². The van der Waals surface area contributed by atoms with E-state index in [-0.39, 0.29) is 5.54 Å². The fraction of sp³-hybridized carbons (Fsp3) is 0.700. The smallest absolute Gasteiger partial charge is 0.136 e. The number of anilines is 1. The monoisotopic (exact) mass is 259 g/mol. The number of nitrogens with two attached hydrogens (primary N) is 1. The first-order valence-electron chi connectivity index (χ1n) is 4.79. The van der Waals surface area contributed by atoms with Gasteiger partial charge in [-0.05, 0) is 42.6 Å². The molecule has 0 bridgehead atoms. The molecule has 1 aromatic heterocycles. The molecule has 80 valence electrons. The molecule has 0 saturated carbocycles. The highest BCUT2D eigenvalue weighted by Gasteiger charge is 2.23. The second-order valence-corrected chi connectivity index (χ2v) is 5.61. The second-order valence-electron chi connectivity index (χ2n) is 4.82. The van der Waals surface area contributed by atoms with Gasteiger partial charge in [-0.25, -0.2) is 4.68 Å². The van der Waals surface area contributed by atoms with Gasteiger partial charge < -0.3 is 5.73 Å². The van der Waals surface area contributed by atoms with E-state index in [0.29, 0.717) is 11.7 Å². The number of hydrogen-bond donors (Lipinski definition) is 1. The maximum atomic E-state index is 5.98. The molecule has 0 aliphatic heterocycles. The van der Waals surface area contributed by atoms with E-state index in [9.17, 15) is 0 Å². The third kappa shape index (κ3) is 1.95. The van der Waals surface area contributed by atoms with Gasteiger partial charge in [0.05, 0.1) is 15.7 Å². The summed E-state index contributed by atoms with van der Waals surface area (Å²) in [6.45, 7) is 10.5. The van der Waals surface area contributed by atoms with Crippen LogP contribution < -0.4 is 5.73 Å². The molecule has 0 aliphatic rings. The molecule has 1 aromatic rings. The highest BCUT2D eigenvalue weighted by molar-refractivity contribution is 9.10. The van der Waals surface area contributed by atoms with Crippen LogP contribution in [0.5, 0.6) is 0 Å².